The lowest BCUT2D eigenvalue weighted by Crippen LogP contribution is -2.09. The minimum absolute atomic E-state index is 0.259. The normalized spacial score (nSPS) is 12.1. The molecule has 0 aliphatic carbocycles. The van der Waals surface area contributed by atoms with Gasteiger partial charge in [0.05, 0.1) is 6.10 Å². The van der Waals surface area contributed by atoms with Crippen molar-refractivity contribution in [3.63, 3.8) is 0 Å². The van der Waals surface area contributed by atoms with Crippen LogP contribution in [0.2, 0.25) is 0 Å². The zero-order valence-electron chi connectivity index (χ0n) is 14.5. The molecule has 1 unspecified atom stereocenters. The number of anilines is 1. The van der Waals surface area contributed by atoms with Crippen LogP contribution in [0.15, 0.2) is 66.7 Å². The van der Waals surface area contributed by atoms with Crippen LogP contribution in [0.25, 0.3) is 10.8 Å². The predicted molar refractivity (Wildman–Crippen MR) is 103 cm³/mol. The summed E-state index contributed by atoms with van der Waals surface area (Å²) in [6, 6.07) is 23.3. The molecule has 0 radical (unpaired) electrons. The van der Waals surface area contributed by atoms with E-state index in [4.69, 9.17) is 4.74 Å². The fraction of sp³-hybridized carbons (Fsp3) is 0.273. The van der Waals surface area contributed by atoms with Gasteiger partial charge in [0, 0.05) is 12.2 Å². The smallest absolute Gasteiger partial charge is 0.119 e. The number of hydrogen-bond donors (Lipinski definition) is 1. The van der Waals surface area contributed by atoms with Crippen LogP contribution in [-0.2, 0) is 6.42 Å². The van der Waals surface area contributed by atoms with E-state index in [1.807, 2.05) is 12.1 Å². The fourth-order valence-electron chi connectivity index (χ4n) is 2.82. The Morgan fingerprint density at radius 1 is 0.917 bits per heavy atom. The van der Waals surface area contributed by atoms with Crippen LogP contribution in [0, 0.1) is 0 Å². The van der Waals surface area contributed by atoms with E-state index in [2.05, 4.69) is 73.8 Å². The van der Waals surface area contributed by atoms with Crippen LogP contribution in [0.3, 0.4) is 0 Å². The first-order valence-corrected chi connectivity index (χ1v) is 8.73. The number of ether oxygens (including phenoxy) is 1. The number of nitrogens with one attached hydrogen (secondary N) is 1. The lowest BCUT2D eigenvalue weighted by atomic mass is 10.0. The van der Waals surface area contributed by atoms with Crippen molar-refractivity contribution in [1.29, 1.82) is 0 Å². The molecule has 0 fully saturated rings. The quantitative estimate of drug-likeness (QED) is 0.605. The first-order chi connectivity index (χ1) is 11.8. The Balaban J connectivity index is 1.58. The molecule has 2 nitrogen and oxygen atoms in total. The molecule has 124 valence electrons. The molecular formula is C22H25NO. The van der Waals surface area contributed by atoms with Gasteiger partial charge in [-0.2, -0.15) is 0 Å². The second-order valence-electron chi connectivity index (χ2n) is 6.18. The monoisotopic (exact) mass is 319 g/mol. The zero-order chi connectivity index (χ0) is 16.8. The van der Waals surface area contributed by atoms with Crippen molar-refractivity contribution >= 4 is 16.5 Å². The summed E-state index contributed by atoms with van der Waals surface area (Å²) in [5, 5.41) is 6.15. The highest BCUT2D eigenvalue weighted by molar-refractivity contribution is 5.85. The number of rotatable bonds is 7. The minimum atomic E-state index is 0.259. The van der Waals surface area contributed by atoms with Crippen LogP contribution in [0.5, 0.6) is 5.75 Å². The first-order valence-electron chi connectivity index (χ1n) is 8.73. The van der Waals surface area contributed by atoms with Crippen molar-refractivity contribution in [2.24, 2.45) is 0 Å². The summed E-state index contributed by atoms with van der Waals surface area (Å²) in [4.78, 5) is 0. The van der Waals surface area contributed by atoms with Crippen molar-refractivity contribution < 1.29 is 4.74 Å². The summed E-state index contributed by atoms with van der Waals surface area (Å²) < 4.78 is 5.81. The molecule has 1 atom stereocenters. The van der Waals surface area contributed by atoms with Gasteiger partial charge < -0.3 is 10.1 Å². The number of benzene rings is 3. The molecule has 0 aromatic heterocycles. The van der Waals surface area contributed by atoms with Gasteiger partial charge in [-0.05, 0) is 60.4 Å². The second kappa shape index (κ2) is 7.87. The molecule has 24 heavy (non-hydrogen) atoms. The maximum Gasteiger partial charge on any atom is 0.119 e. The average molecular weight is 319 g/mol. The van der Waals surface area contributed by atoms with Gasteiger partial charge in [0.15, 0.2) is 0 Å². The van der Waals surface area contributed by atoms with E-state index in [9.17, 15) is 0 Å². The SMILES string of the molecule is CCC(C)Oc1ccc(NCCc2cccc3ccccc23)cc1. The van der Waals surface area contributed by atoms with E-state index in [0.717, 1.165) is 30.8 Å². The summed E-state index contributed by atoms with van der Waals surface area (Å²) in [7, 11) is 0. The van der Waals surface area contributed by atoms with Crippen LogP contribution in [0.1, 0.15) is 25.8 Å². The van der Waals surface area contributed by atoms with Gasteiger partial charge in [0.2, 0.25) is 0 Å². The minimum Gasteiger partial charge on any atom is -0.491 e. The van der Waals surface area contributed by atoms with Crippen molar-refractivity contribution in [3.05, 3.63) is 72.3 Å². The largest absolute Gasteiger partial charge is 0.491 e. The Morgan fingerprint density at radius 2 is 1.67 bits per heavy atom. The molecule has 0 amide bonds. The lowest BCUT2D eigenvalue weighted by Gasteiger charge is -2.13. The summed E-state index contributed by atoms with van der Waals surface area (Å²) in [6.45, 7) is 5.14. The molecule has 0 saturated heterocycles. The summed E-state index contributed by atoms with van der Waals surface area (Å²) in [6.07, 6.45) is 2.28. The topological polar surface area (TPSA) is 21.3 Å². The molecule has 3 aromatic rings. The standard InChI is InChI=1S/C22H25NO/c1-3-17(2)24-21-13-11-20(12-14-21)23-16-15-19-9-6-8-18-7-4-5-10-22(18)19/h4-14,17,23H,3,15-16H2,1-2H3. The molecule has 0 aliphatic heterocycles. The Hall–Kier alpha value is -2.48. The Labute approximate surface area is 144 Å². The maximum atomic E-state index is 5.81. The average Bonchev–Trinajstić information content (AvgIpc) is 2.63. The summed E-state index contributed by atoms with van der Waals surface area (Å²) in [5.74, 6) is 0.934. The van der Waals surface area contributed by atoms with E-state index >= 15 is 0 Å². The van der Waals surface area contributed by atoms with Crippen molar-refractivity contribution in [2.45, 2.75) is 32.8 Å². The van der Waals surface area contributed by atoms with Crippen molar-refractivity contribution in [3.8, 4) is 5.75 Å². The third-order valence-corrected chi connectivity index (χ3v) is 4.37. The lowest BCUT2D eigenvalue weighted by molar-refractivity contribution is 0.217. The third-order valence-electron chi connectivity index (χ3n) is 4.37. The van der Waals surface area contributed by atoms with Gasteiger partial charge in [0.25, 0.3) is 0 Å². The molecule has 0 spiro atoms. The Kier molecular flexibility index (Phi) is 5.37. The highest BCUT2D eigenvalue weighted by Crippen LogP contribution is 2.20. The molecule has 3 aromatic carbocycles. The first kappa shape index (κ1) is 16.4. The molecule has 3 rings (SSSR count). The number of fused-ring (bicyclic) bond motifs is 1. The van der Waals surface area contributed by atoms with Gasteiger partial charge >= 0.3 is 0 Å². The third kappa shape index (κ3) is 4.08. The van der Waals surface area contributed by atoms with Gasteiger partial charge in [-0.3, -0.25) is 0 Å². The maximum absolute atomic E-state index is 5.81. The van der Waals surface area contributed by atoms with Gasteiger partial charge in [-0.15, -0.1) is 0 Å². The molecule has 0 bridgehead atoms. The molecule has 0 saturated carbocycles. The van der Waals surface area contributed by atoms with E-state index in [0.29, 0.717) is 0 Å². The number of hydrogen-bond acceptors (Lipinski definition) is 2. The highest BCUT2D eigenvalue weighted by Gasteiger charge is 2.02. The van der Waals surface area contributed by atoms with Gasteiger partial charge in [-0.1, -0.05) is 49.4 Å². The predicted octanol–water partition coefficient (Wildman–Crippen LogP) is 5.67. The summed E-state index contributed by atoms with van der Waals surface area (Å²) >= 11 is 0. The van der Waals surface area contributed by atoms with Gasteiger partial charge in [0.1, 0.15) is 5.75 Å². The second-order valence-corrected chi connectivity index (χ2v) is 6.18. The summed E-state index contributed by atoms with van der Waals surface area (Å²) in [5.41, 5.74) is 2.52. The van der Waals surface area contributed by atoms with Crippen LogP contribution < -0.4 is 10.1 Å². The van der Waals surface area contributed by atoms with Crippen LogP contribution in [0.4, 0.5) is 5.69 Å². The van der Waals surface area contributed by atoms with E-state index in [1.165, 1.54) is 16.3 Å². The molecule has 0 aliphatic rings. The van der Waals surface area contributed by atoms with Crippen LogP contribution >= 0.6 is 0 Å². The Morgan fingerprint density at radius 3 is 2.46 bits per heavy atom. The van der Waals surface area contributed by atoms with E-state index in [-0.39, 0.29) is 6.10 Å². The van der Waals surface area contributed by atoms with Crippen LogP contribution in [-0.4, -0.2) is 12.6 Å². The Bertz CT molecular complexity index is 774. The highest BCUT2D eigenvalue weighted by atomic mass is 16.5. The van der Waals surface area contributed by atoms with Crippen molar-refractivity contribution in [2.75, 3.05) is 11.9 Å². The van der Waals surface area contributed by atoms with E-state index in [1.54, 1.807) is 0 Å². The molecule has 0 heterocycles. The van der Waals surface area contributed by atoms with E-state index < -0.39 is 0 Å². The molecule has 2 heteroatoms. The molecular weight excluding hydrogens is 294 g/mol. The zero-order valence-corrected chi connectivity index (χ0v) is 14.5. The van der Waals surface area contributed by atoms with Crippen molar-refractivity contribution in [1.82, 2.24) is 0 Å². The van der Waals surface area contributed by atoms with Gasteiger partial charge in [-0.25, -0.2) is 0 Å². The fourth-order valence-corrected chi connectivity index (χ4v) is 2.82. The molecule has 1 N–H and O–H groups in total.